The van der Waals surface area contributed by atoms with E-state index in [2.05, 4.69) is 31.1 Å². The third kappa shape index (κ3) is 3.88. The molecule has 1 aromatic heterocycles. The lowest BCUT2D eigenvalue weighted by Crippen LogP contribution is -2.30. The van der Waals surface area contributed by atoms with Crippen LogP contribution in [0.15, 0.2) is 23.3 Å². The van der Waals surface area contributed by atoms with Crippen LogP contribution in [0.1, 0.15) is 37.6 Å². The van der Waals surface area contributed by atoms with E-state index in [0.29, 0.717) is 6.54 Å². The van der Waals surface area contributed by atoms with Crippen molar-refractivity contribution in [3.8, 4) is 0 Å². The first-order valence-electron chi connectivity index (χ1n) is 5.35. The lowest BCUT2D eigenvalue weighted by molar-refractivity contribution is 0.0948. The summed E-state index contributed by atoms with van der Waals surface area (Å²) < 4.78 is 0. The topological polar surface area (TPSA) is 62.0 Å². The summed E-state index contributed by atoms with van der Waals surface area (Å²) >= 11 is 0. The molecule has 0 aliphatic heterocycles. The van der Waals surface area contributed by atoms with Crippen LogP contribution in [0.2, 0.25) is 0 Å². The minimum absolute atomic E-state index is 0.163. The zero-order valence-electron chi connectivity index (χ0n) is 9.96. The Morgan fingerprint density at radius 1 is 1.44 bits per heavy atom. The van der Waals surface area contributed by atoms with Crippen molar-refractivity contribution in [2.24, 2.45) is 5.41 Å². The number of rotatable bonds is 3. The molecule has 0 aliphatic carbocycles. The number of aromatic amines is 1. The summed E-state index contributed by atoms with van der Waals surface area (Å²) in [7, 11) is 0. The van der Waals surface area contributed by atoms with Crippen LogP contribution in [0.25, 0.3) is 0 Å². The molecule has 0 saturated carbocycles. The highest BCUT2D eigenvalue weighted by Crippen LogP contribution is 2.16. The van der Waals surface area contributed by atoms with Crippen LogP contribution in [0, 0.1) is 5.41 Å². The number of carbonyl (C=O) groups excluding carboxylic acids is 1. The predicted octanol–water partition coefficient (Wildman–Crippen LogP) is 1.54. The van der Waals surface area contributed by atoms with Gasteiger partial charge < -0.3 is 10.3 Å². The van der Waals surface area contributed by atoms with Gasteiger partial charge in [0.2, 0.25) is 0 Å². The average molecular weight is 222 g/mol. The summed E-state index contributed by atoms with van der Waals surface area (Å²) in [6, 6.07) is 1.35. The molecule has 0 radical (unpaired) electrons. The Balaban J connectivity index is 2.55. The van der Waals surface area contributed by atoms with E-state index in [1.165, 1.54) is 18.5 Å². The summed E-state index contributed by atoms with van der Waals surface area (Å²) in [6.07, 6.45) is 3.81. The number of hydrogen-bond acceptors (Lipinski definition) is 2. The van der Waals surface area contributed by atoms with Crippen molar-refractivity contribution in [3.63, 3.8) is 0 Å². The van der Waals surface area contributed by atoms with Crippen LogP contribution in [-0.4, -0.2) is 17.4 Å². The van der Waals surface area contributed by atoms with Crippen molar-refractivity contribution in [3.05, 3.63) is 34.2 Å². The first-order chi connectivity index (χ1) is 7.40. The first-order valence-corrected chi connectivity index (χ1v) is 5.35. The Hall–Kier alpha value is -1.58. The van der Waals surface area contributed by atoms with Gasteiger partial charge in [0.05, 0.1) is 0 Å². The lowest BCUT2D eigenvalue weighted by Gasteiger charge is -2.17. The molecule has 4 nitrogen and oxygen atoms in total. The van der Waals surface area contributed by atoms with Crippen molar-refractivity contribution in [1.29, 1.82) is 0 Å². The molecule has 0 fully saturated rings. The standard InChI is InChI=1S/C12H18N2O2/c1-12(2,3)5-7-14-11(16)9-8-13-6-4-10(9)15/h4,6,8H,5,7H2,1-3H3,(H,13,15)(H,14,16). The van der Waals surface area contributed by atoms with E-state index in [-0.39, 0.29) is 22.3 Å². The van der Waals surface area contributed by atoms with Crippen LogP contribution >= 0.6 is 0 Å². The molecule has 0 saturated heterocycles. The van der Waals surface area contributed by atoms with E-state index in [1.54, 1.807) is 0 Å². The SMILES string of the molecule is CC(C)(C)CCNC(=O)c1c[nH]ccc1=O. The van der Waals surface area contributed by atoms with Crippen LogP contribution in [0.3, 0.4) is 0 Å². The normalized spacial score (nSPS) is 11.2. The minimum atomic E-state index is -0.314. The van der Waals surface area contributed by atoms with Crippen molar-refractivity contribution in [2.45, 2.75) is 27.2 Å². The quantitative estimate of drug-likeness (QED) is 0.815. The molecule has 0 atom stereocenters. The Kier molecular flexibility index (Phi) is 3.88. The van der Waals surface area contributed by atoms with Crippen LogP contribution in [-0.2, 0) is 0 Å². The molecule has 0 bridgehead atoms. The highest BCUT2D eigenvalue weighted by molar-refractivity contribution is 5.93. The van der Waals surface area contributed by atoms with E-state index in [4.69, 9.17) is 0 Å². The van der Waals surface area contributed by atoms with Crippen LogP contribution in [0.4, 0.5) is 0 Å². The van der Waals surface area contributed by atoms with E-state index in [9.17, 15) is 9.59 Å². The second-order valence-corrected chi connectivity index (χ2v) is 4.99. The molecule has 0 spiro atoms. The fraction of sp³-hybridized carbons (Fsp3) is 0.500. The van der Waals surface area contributed by atoms with Gasteiger partial charge in [-0.15, -0.1) is 0 Å². The Labute approximate surface area is 95.1 Å². The molecule has 1 aromatic rings. The van der Waals surface area contributed by atoms with Gasteiger partial charge in [0.15, 0.2) is 5.43 Å². The zero-order valence-corrected chi connectivity index (χ0v) is 9.96. The van der Waals surface area contributed by atoms with E-state index < -0.39 is 0 Å². The lowest BCUT2D eigenvalue weighted by atomic mass is 9.92. The highest BCUT2D eigenvalue weighted by atomic mass is 16.2. The third-order valence-corrected chi connectivity index (χ3v) is 2.23. The van der Waals surface area contributed by atoms with Gasteiger partial charge >= 0.3 is 0 Å². The summed E-state index contributed by atoms with van der Waals surface area (Å²) in [5.41, 5.74) is 0.0829. The molecule has 88 valence electrons. The van der Waals surface area contributed by atoms with Crippen LogP contribution in [0.5, 0.6) is 0 Å². The number of H-pyrrole nitrogens is 1. The largest absolute Gasteiger partial charge is 0.367 e. The fourth-order valence-electron chi connectivity index (χ4n) is 1.24. The van der Waals surface area contributed by atoms with Crippen molar-refractivity contribution >= 4 is 5.91 Å². The third-order valence-electron chi connectivity index (χ3n) is 2.23. The average Bonchev–Trinajstić information content (AvgIpc) is 2.16. The molecule has 1 amide bonds. The fourth-order valence-corrected chi connectivity index (χ4v) is 1.24. The Bertz CT molecular complexity index is 416. The Morgan fingerprint density at radius 3 is 2.69 bits per heavy atom. The molecule has 1 heterocycles. The Morgan fingerprint density at radius 2 is 2.12 bits per heavy atom. The molecular weight excluding hydrogens is 204 g/mol. The molecule has 0 aliphatic rings. The number of carbonyl (C=O) groups is 1. The van der Waals surface area contributed by atoms with Crippen molar-refractivity contribution in [1.82, 2.24) is 10.3 Å². The zero-order chi connectivity index (χ0) is 12.2. The summed E-state index contributed by atoms with van der Waals surface area (Å²) in [5.74, 6) is -0.314. The van der Waals surface area contributed by atoms with Crippen molar-refractivity contribution in [2.75, 3.05) is 6.54 Å². The summed E-state index contributed by atoms with van der Waals surface area (Å²) in [6.45, 7) is 6.90. The maximum absolute atomic E-state index is 11.6. The van der Waals surface area contributed by atoms with E-state index >= 15 is 0 Å². The first kappa shape index (κ1) is 12.5. The van der Waals surface area contributed by atoms with E-state index in [0.717, 1.165) is 6.42 Å². The number of nitrogens with one attached hydrogen (secondary N) is 2. The van der Waals surface area contributed by atoms with Gasteiger partial charge in [0.1, 0.15) is 5.56 Å². The molecule has 0 unspecified atom stereocenters. The van der Waals surface area contributed by atoms with E-state index in [1.807, 2.05) is 0 Å². The monoisotopic (exact) mass is 222 g/mol. The second-order valence-electron chi connectivity index (χ2n) is 4.99. The highest BCUT2D eigenvalue weighted by Gasteiger charge is 2.12. The summed E-state index contributed by atoms with van der Waals surface area (Å²) in [5, 5.41) is 2.74. The van der Waals surface area contributed by atoms with Gasteiger partial charge in [-0.3, -0.25) is 9.59 Å². The van der Waals surface area contributed by atoms with Gasteiger partial charge in [0, 0.05) is 25.0 Å². The maximum atomic E-state index is 11.6. The molecular formula is C12H18N2O2. The minimum Gasteiger partial charge on any atom is -0.367 e. The molecule has 4 heteroatoms. The second kappa shape index (κ2) is 4.96. The van der Waals surface area contributed by atoms with Crippen molar-refractivity contribution < 1.29 is 4.79 Å². The predicted molar refractivity (Wildman–Crippen MR) is 63.5 cm³/mol. The van der Waals surface area contributed by atoms with Gasteiger partial charge in [-0.2, -0.15) is 0 Å². The van der Waals surface area contributed by atoms with Gasteiger partial charge in [-0.1, -0.05) is 20.8 Å². The molecule has 2 N–H and O–H groups in total. The summed E-state index contributed by atoms with van der Waals surface area (Å²) in [4.78, 5) is 25.7. The van der Waals surface area contributed by atoms with Gasteiger partial charge in [0.25, 0.3) is 5.91 Å². The smallest absolute Gasteiger partial charge is 0.256 e. The molecule has 16 heavy (non-hydrogen) atoms. The number of pyridine rings is 1. The number of amides is 1. The maximum Gasteiger partial charge on any atom is 0.256 e. The molecule has 0 aromatic carbocycles. The number of hydrogen-bond donors (Lipinski definition) is 2. The van der Waals surface area contributed by atoms with Crippen LogP contribution < -0.4 is 10.7 Å². The number of aromatic nitrogens is 1. The van der Waals surface area contributed by atoms with Gasteiger partial charge in [-0.25, -0.2) is 0 Å². The molecule has 1 rings (SSSR count). The van der Waals surface area contributed by atoms with Gasteiger partial charge in [-0.05, 0) is 11.8 Å².